The van der Waals surface area contributed by atoms with Crippen LogP contribution >= 0.6 is 11.6 Å². The van der Waals surface area contributed by atoms with Gasteiger partial charge in [0.2, 0.25) is 0 Å². The van der Waals surface area contributed by atoms with E-state index in [1.807, 2.05) is 12.1 Å². The van der Waals surface area contributed by atoms with Gasteiger partial charge >= 0.3 is 0 Å². The van der Waals surface area contributed by atoms with Crippen molar-refractivity contribution in [3.05, 3.63) is 34.3 Å². The Morgan fingerprint density at radius 2 is 2.10 bits per heavy atom. The molecule has 0 nitrogen and oxygen atoms in total. The maximum Gasteiger partial charge on any atom is 0.0408 e. The van der Waals surface area contributed by atoms with Crippen molar-refractivity contribution in [3.8, 4) is 0 Å². The van der Waals surface area contributed by atoms with Crippen molar-refractivity contribution in [2.45, 2.75) is 20.3 Å². The third kappa shape index (κ3) is 1.51. The van der Waals surface area contributed by atoms with Gasteiger partial charge in [-0.15, -0.1) is 0 Å². The summed E-state index contributed by atoms with van der Waals surface area (Å²) in [5.74, 6) is 0. The maximum atomic E-state index is 5.77. The zero-order chi connectivity index (χ0) is 7.56. The minimum absolute atomic E-state index is 0.828. The van der Waals surface area contributed by atoms with E-state index in [2.05, 4.69) is 19.9 Å². The van der Waals surface area contributed by atoms with Gasteiger partial charge in [-0.25, -0.2) is 0 Å². The number of aryl methyl sites for hydroxylation is 2. The second-order valence-electron chi connectivity index (χ2n) is 2.42. The molecule has 0 bridgehead atoms. The molecule has 0 radical (unpaired) electrons. The highest BCUT2D eigenvalue weighted by Crippen LogP contribution is 2.14. The molecular weight excluding hydrogens is 144 g/mol. The molecule has 54 valence electrons. The fourth-order valence-corrected chi connectivity index (χ4v) is 1.28. The Morgan fingerprint density at radius 3 is 2.60 bits per heavy atom. The molecule has 0 spiro atoms. The van der Waals surface area contributed by atoms with E-state index in [1.165, 1.54) is 11.1 Å². The van der Waals surface area contributed by atoms with Crippen molar-refractivity contribution in [2.24, 2.45) is 0 Å². The number of hydrogen-bond donors (Lipinski definition) is 0. The summed E-state index contributed by atoms with van der Waals surface area (Å²) < 4.78 is 0. The van der Waals surface area contributed by atoms with Crippen LogP contribution in [0.2, 0.25) is 5.02 Å². The van der Waals surface area contributed by atoms with Crippen LogP contribution in [0.5, 0.6) is 0 Å². The van der Waals surface area contributed by atoms with Gasteiger partial charge in [-0.05, 0) is 36.6 Å². The monoisotopic (exact) mass is 154 g/mol. The van der Waals surface area contributed by atoms with Crippen molar-refractivity contribution in [1.82, 2.24) is 0 Å². The lowest BCUT2D eigenvalue weighted by Crippen LogP contribution is -1.84. The number of halogens is 1. The Labute approximate surface area is 66.8 Å². The van der Waals surface area contributed by atoms with Crippen LogP contribution in [0.4, 0.5) is 0 Å². The van der Waals surface area contributed by atoms with Crippen LogP contribution in [0.3, 0.4) is 0 Å². The van der Waals surface area contributed by atoms with E-state index in [0.717, 1.165) is 11.4 Å². The van der Waals surface area contributed by atoms with Gasteiger partial charge < -0.3 is 0 Å². The number of hydrogen-bond acceptors (Lipinski definition) is 0. The molecule has 0 aliphatic carbocycles. The Bertz CT molecular complexity index is 228. The Balaban J connectivity index is 3.07. The second-order valence-corrected chi connectivity index (χ2v) is 2.86. The summed E-state index contributed by atoms with van der Waals surface area (Å²) in [6.45, 7) is 4.24. The molecule has 0 saturated carbocycles. The molecule has 1 aromatic rings. The summed E-state index contributed by atoms with van der Waals surface area (Å²) in [4.78, 5) is 0. The molecule has 0 aliphatic heterocycles. The van der Waals surface area contributed by atoms with Gasteiger partial charge in [0.15, 0.2) is 0 Å². The quantitative estimate of drug-likeness (QED) is 0.583. The SMILES string of the molecule is CCc1ccc(Cl)cc1C. The number of benzene rings is 1. The summed E-state index contributed by atoms with van der Waals surface area (Å²) in [6.07, 6.45) is 1.09. The minimum Gasteiger partial charge on any atom is -0.0843 e. The molecule has 0 heterocycles. The Kier molecular flexibility index (Phi) is 2.34. The van der Waals surface area contributed by atoms with Gasteiger partial charge in [-0.3, -0.25) is 0 Å². The first kappa shape index (κ1) is 7.62. The van der Waals surface area contributed by atoms with E-state index >= 15 is 0 Å². The van der Waals surface area contributed by atoms with E-state index in [1.54, 1.807) is 0 Å². The van der Waals surface area contributed by atoms with E-state index < -0.39 is 0 Å². The normalized spacial score (nSPS) is 9.90. The molecule has 0 unspecified atom stereocenters. The predicted molar refractivity (Wildman–Crippen MR) is 45.6 cm³/mol. The van der Waals surface area contributed by atoms with Gasteiger partial charge in [0, 0.05) is 5.02 Å². The molecule has 0 N–H and O–H groups in total. The first-order chi connectivity index (χ1) is 4.74. The van der Waals surface area contributed by atoms with E-state index in [4.69, 9.17) is 11.6 Å². The van der Waals surface area contributed by atoms with Crippen molar-refractivity contribution in [2.75, 3.05) is 0 Å². The summed E-state index contributed by atoms with van der Waals surface area (Å²) >= 11 is 5.77. The molecule has 0 fully saturated rings. The topological polar surface area (TPSA) is 0 Å². The summed E-state index contributed by atoms with van der Waals surface area (Å²) in [7, 11) is 0. The van der Waals surface area contributed by atoms with Crippen LogP contribution in [-0.4, -0.2) is 0 Å². The minimum atomic E-state index is 0.828. The van der Waals surface area contributed by atoms with Gasteiger partial charge in [0.1, 0.15) is 0 Å². The third-order valence-electron chi connectivity index (χ3n) is 1.69. The first-order valence-electron chi connectivity index (χ1n) is 3.49. The molecule has 1 heteroatoms. The zero-order valence-corrected chi connectivity index (χ0v) is 7.07. The fourth-order valence-electron chi connectivity index (χ4n) is 1.06. The van der Waals surface area contributed by atoms with Crippen molar-refractivity contribution < 1.29 is 0 Å². The standard InChI is InChI=1S/C9H11Cl/c1-3-8-4-5-9(10)6-7(8)2/h4-6H,3H2,1-2H3. The predicted octanol–water partition coefficient (Wildman–Crippen LogP) is 3.21. The lowest BCUT2D eigenvalue weighted by atomic mass is 10.1. The van der Waals surface area contributed by atoms with Crippen LogP contribution in [-0.2, 0) is 6.42 Å². The summed E-state index contributed by atoms with van der Waals surface area (Å²) in [5, 5.41) is 0.828. The second kappa shape index (κ2) is 3.07. The van der Waals surface area contributed by atoms with Gasteiger partial charge in [0.05, 0.1) is 0 Å². The average molecular weight is 155 g/mol. The summed E-state index contributed by atoms with van der Waals surface area (Å²) in [6, 6.07) is 6.02. The first-order valence-corrected chi connectivity index (χ1v) is 3.87. The van der Waals surface area contributed by atoms with E-state index in [9.17, 15) is 0 Å². The Morgan fingerprint density at radius 1 is 1.40 bits per heavy atom. The van der Waals surface area contributed by atoms with E-state index in [-0.39, 0.29) is 0 Å². The van der Waals surface area contributed by atoms with Gasteiger partial charge in [-0.1, -0.05) is 24.6 Å². The van der Waals surface area contributed by atoms with Crippen molar-refractivity contribution in [1.29, 1.82) is 0 Å². The third-order valence-corrected chi connectivity index (χ3v) is 1.92. The van der Waals surface area contributed by atoms with Crippen molar-refractivity contribution >= 4 is 11.6 Å². The lowest BCUT2D eigenvalue weighted by molar-refractivity contribution is 1.11. The van der Waals surface area contributed by atoms with Crippen LogP contribution in [0.15, 0.2) is 18.2 Å². The lowest BCUT2D eigenvalue weighted by Gasteiger charge is -2.01. The number of rotatable bonds is 1. The highest BCUT2D eigenvalue weighted by atomic mass is 35.5. The van der Waals surface area contributed by atoms with Gasteiger partial charge in [0.25, 0.3) is 0 Å². The molecule has 0 saturated heterocycles. The zero-order valence-electron chi connectivity index (χ0n) is 6.32. The highest BCUT2D eigenvalue weighted by molar-refractivity contribution is 6.30. The highest BCUT2D eigenvalue weighted by Gasteiger charge is 1.94. The molecule has 1 rings (SSSR count). The molecule has 0 aliphatic rings. The molecule has 1 aromatic carbocycles. The van der Waals surface area contributed by atoms with Crippen LogP contribution in [0.1, 0.15) is 18.1 Å². The van der Waals surface area contributed by atoms with E-state index in [0.29, 0.717) is 0 Å². The largest absolute Gasteiger partial charge is 0.0843 e. The van der Waals surface area contributed by atoms with Crippen LogP contribution < -0.4 is 0 Å². The molecule has 10 heavy (non-hydrogen) atoms. The smallest absolute Gasteiger partial charge is 0.0408 e. The molecule has 0 atom stereocenters. The Hall–Kier alpha value is -0.490. The molecule has 0 aromatic heterocycles. The fraction of sp³-hybridized carbons (Fsp3) is 0.333. The van der Waals surface area contributed by atoms with Crippen LogP contribution in [0.25, 0.3) is 0 Å². The van der Waals surface area contributed by atoms with Crippen molar-refractivity contribution in [3.63, 3.8) is 0 Å². The maximum absolute atomic E-state index is 5.77. The van der Waals surface area contributed by atoms with Gasteiger partial charge in [-0.2, -0.15) is 0 Å². The average Bonchev–Trinajstić information content (AvgIpc) is 1.88. The van der Waals surface area contributed by atoms with Crippen LogP contribution in [0, 0.1) is 6.92 Å². The molecular formula is C9H11Cl. The molecule has 0 amide bonds. The summed E-state index contributed by atoms with van der Waals surface area (Å²) in [5.41, 5.74) is 2.67.